The number of alkyl carbamates (subject to hydrolysis) is 1. The lowest BCUT2D eigenvalue weighted by atomic mass is 10.1. The minimum atomic E-state index is -1.19. The Kier molecular flexibility index (Phi) is 7.24. The number of hydrogen-bond donors (Lipinski definition) is 2. The standard InChI is InChI=1S/C14H16N2O5/c17-10-16-12(13(18)19)7-4-8-15-14(20)21-9-11-5-2-1-3-6-11/h1-3,5-6,12H,4,7-9H2,(H,15,20)(H,18,19)/t12-/m1/s1. The lowest BCUT2D eigenvalue weighted by molar-refractivity contribution is -0.138. The summed E-state index contributed by atoms with van der Waals surface area (Å²) in [7, 11) is 0. The Morgan fingerprint density at radius 2 is 2.05 bits per heavy atom. The largest absolute Gasteiger partial charge is 0.480 e. The highest BCUT2D eigenvalue weighted by Gasteiger charge is 2.15. The Balaban J connectivity index is 2.18. The number of aliphatic carboxylic acids is 1. The van der Waals surface area contributed by atoms with Gasteiger partial charge in [0.15, 0.2) is 6.04 Å². The van der Waals surface area contributed by atoms with Gasteiger partial charge in [-0.2, -0.15) is 4.99 Å². The van der Waals surface area contributed by atoms with Crippen LogP contribution in [-0.4, -0.2) is 35.8 Å². The van der Waals surface area contributed by atoms with Crippen molar-refractivity contribution in [2.75, 3.05) is 6.54 Å². The van der Waals surface area contributed by atoms with E-state index >= 15 is 0 Å². The Morgan fingerprint density at radius 1 is 1.33 bits per heavy atom. The highest BCUT2D eigenvalue weighted by atomic mass is 16.5. The maximum absolute atomic E-state index is 11.4. The highest BCUT2D eigenvalue weighted by molar-refractivity contribution is 5.74. The molecular formula is C14H16N2O5. The molecule has 0 saturated heterocycles. The van der Waals surface area contributed by atoms with Crippen LogP contribution < -0.4 is 5.32 Å². The summed E-state index contributed by atoms with van der Waals surface area (Å²) in [6.07, 6.45) is 1.15. The summed E-state index contributed by atoms with van der Waals surface area (Å²) in [6, 6.07) is 8.10. The van der Waals surface area contributed by atoms with Crippen LogP contribution in [0.3, 0.4) is 0 Å². The van der Waals surface area contributed by atoms with E-state index in [0.29, 0.717) is 6.42 Å². The Labute approximate surface area is 121 Å². The van der Waals surface area contributed by atoms with Gasteiger partial charge in [-0.05, 0) is 18.4 Å². The molecule has 1 amide bonds. The van der Waals surface area contributed by atoms with E-state index in [-0.39, 0.29) is 19.6 Å². The molecule has 0 aliphatic rings. The van der Waals surface area contributed by atoms with Crippen molar-refractivity contribution in [1.82, 2.24) is 5.32 Å². The number of amides is 1. The van der Waals surface area contributed by atoms with E-state index in [0.717, 1.165) is 5.56 Å². The first-order valence-electron chi connectivity index (χ1n) is 6.38. The van der Waals surface area contributed by atoms with Crippen molar-refractivity contribution in [1.29, 1.82) is 0 Å². The van der Waals surface area contributed by atoms with E-state index in [1.165, 1.54) is 6.08 Å². The molecule has 0 unspecified atom stereocenters. The van der Waals surface area contributed by atoms with Crippen LogP contribution in [0.2, 0.25) is 0 Å². The van der Waals surface area contributed by atoms with Crippen molar-refractivity contribution in [3.63, 3.8) is 0 Å². The van der Waals surface area contributed by atoms with E-state index in [1.54, 1.807) is 0 Å². The van der Waals surface area contributed by atoms with Gasteiger partial charge in [0.05, 0.1) is 0 Å². The lowest BCUT2D eigenvalue weighted by Gasteiger charge is -2.08. The van der Waals surface area contributed by atoms with Crippen LogP contribution in [0.15, 0.2) is 35.3 Å². The van der Waals surface area contributed by atoms with Gasteiger partial charge in [-0.25, -0.2) is 14.4 Å². The number of hydrogen-bond acceptors (Lipinski definition) is 5. The fourth-order valence-electron chi connectivity index (χ4n) is 1.57. The third-order valence-corrected chi connectivity index (χ3v) is 2.63. The van der Waals surface area contributed by atoms with Gasteiger partial charge in [0.2, 0.25) is 6.08 Å². The van der Waals surface area contributed by atoms with Gasteiger partial charge in [0.25, 0.3) is 0 Å². The number of rotatable bonds is 8. The molecule has 7 heteroatoms. The molecule has 1 atom stereocenters. The van der Waals surface area contributed by atoms with E-state index in [1.807, 2.05) is 30.3 Å². The van der Waals surface area contributed by atoms with Gasteiger partial charge in [-0.15, -0.1) is 0 Å². The molecule has 0 bridgehead atoms. The minimum Gasteiger partial charge on any atom is -0.480 e. The molecular weight excluding hydrogens is 276 g/mol. The second kappa shape index (κ2) is 9.28. The molecule has 1 rings (SSSR count). The first-order valence-corrected chi connectivity index (χ1v) is 6.38. The number of nitrogens with zero attached hydrogens (tertiary/aromatic N) is 1. The molecule has 1 aromatic carbocycles. The Morgan fingerprint density at radius 3 is 2.67 bits per heavy atom. The fourth-order valence-corrected chi connectivity index (χ4v) is 1.57. The normalized spacial score (nSPS) is 11.0. The van der Waals surface area contributed by atoms with Crippen molar-refractivity contribution in [3.05, 3.63) is 35.9 Å². The van der Waals surface area contributed by atoms with Crippen molar-refractivity contribution in [2.45, 2.75) is 25.5 Å². The predicted molar refractivity (Wildman–Crippen MR) is 73.4 cm³/mol. The number of nitrogens with one attached hydrogen (secondary N) is 1. The molecule has 7 nitrogen and oxygen atoms in total. The predicted octanol–water partition coefficient (Wildman–Crippen LogP) is 1.48. The third kappa shape index (κ3) is 6.89. The molecule has 0 saturated carbocycles. The summed E-state index contributed by atoms with van der Waals surface area (Å²) in [5.74, 6) is -1.19. The number of benzene rings is 1. The van der Waals surface area contributed by atoms with Crippen LogP contribution in [-0.2, 0) is 20.9 Å². The first-order chi connectivity index (χ1) is 10.1. The maximum atomic E-state index is 11.4. The van der Waals surface area contributed by atoms with Crippen LogP contribution in [0.5, 0.6) is 0 Å². The highest BCUT2D eigenvalue weighted by Crippen LogP contribution is 2.02. The summed E-state index contributed by atoms with van der Waals surface area (Å²) in [5, 5.41) is 11.2. The number of isocyanates is 1. The molecule has 0 aliphatic heterocycles. The molecule has 0 aromatic heterocycles. The molecule has 0 spiro atoms. The molecule has 2 N–H and O–H groups in total. The van der Waals surface area contributed by atoms with E-state index in [2.05, 4.69) is 10.3 Å². The average Bonchev–Trinajstić information content (AvgIpc) is 2.49. The molecule has 0 radical (unpaired) electrons. The monoisotopic (exact) mass is 292 g/mol. The van der Waals surface area contributed by atoms with Crippen LogP contribution in [0.25, 0.3) is 0 Å². The van der Waals surface area contributed by atoms with Gasteiger partial charge in [-0.3, -0.25) is 0 Å². The second-order valence-electron chi connectivity index (χ2n) is 4.21. The van der Waals surface area contributed by atoms with Crippen molar-refractivity contribution in [3.8, 4) is 0 Å². The van der Waals surface area contributed by atoms with Gasteiger partial charge < -0.3 is 15.2 Å². The number of carbonyl (C=O) groups is 2. The number of ether oxygens (including phenoxy) is 1. The van der Waals surface area contributed by atoms with Crippen LogP contribution in [0, 0.1) is 0 Å². The number of carbonyl (C=O) groups excluding carboxylic acids is 2. The molecule has 0 fully saturated rings. The number of aliphatic imine (C=N–C) groups is 1. The topological polar surface area (TPSA) is 105 Å². The summed E-state index contributed by atoms with van der Waals surface area (Å²) >= 11 is 0. The quantitative estimate of drug-likeness (QED) is 0.429. The number of carboxylic acids is 1. The average molecular weight is 292 g/mol. The maximum Gasteiger partial charge on any atom is 0.407 e. The van der Waals surface area contributed by atoms with E-state index in [9.17, 15) is 14.4 Å². The Hall–Kier alpha value is -2.66. The molecule has 112 valence electrons. The van der Waals surface area contributed by atoms with Crippen LogP contribution in [0.1, 0.15) is 18.4 Å². The Bertz CT molecular complexity index is 509. The van der Waals surface area contributed by atoms with E-state index in [4.69, 9.17) is 9.84 Å². The van der Waals surface area contributed by atoms with Gasteiger partial charge in [0.1, 0.15) is 6.61 Å². The summed E-state index contributed by atoms with van der Waals surface area (Å²) in [4.78, 5) is 35.3. The van der Waals surface area contributed by atoms with E-state index < -0.39 is 18.1 Å². The zero-order valence-electron chi connectivity index (χ0n) is 11.3. The van der Waals surface area contributed by atoms with Gasteiger partial charge >= 0.3 is 12.1 Å². The lowest BCUT2D eigenvalue weighted by Crippen LogP contribution is -2.27. The molecule has 21 heavy (non-hydrogen) atoms. The second-order valence-corrected chi connectivity index (χ2v) is 4.21. The van der Waals surface area contributed by atoms with Gasteiger partial charge in [-0.1, -0.05) is 30.3 Å². The minimum absolute atomic E-state index is 0.142. The van der Waals surface area contributed by atoms with Crippen molar-refractivity contribution >= 4 is 18.1 Å². The van der Waals surface area contributed by atoms with Crippen LogP contribution in [0.4, 0.5) is 4.79 Å². The van der Waals surface area contributed by atoms with Crippen LogP contribution >= 0.6 is 0 Å². The van der Waals surface area contributed by atoms with Gasteiger partial charge in [0, 0.05) is 6.54 Å². The first kappa shape index (κ1) is 16.4. The van der Waals surface area contributed by atoms with Crippen molar-refractivity contribution in [2.24, 2.45) is 4.99 Å². The van der Waals surface area contributed by atoms with Crippen molar-refractivity contribution < 1.29 is 24.2 Å². The summed E-state index contributed by atoms with van der Waals surface area (Å²) < 4.78 is 4.98. The molecule has 0 heterocycles. The zero-order chi connectivity index (χ0) is 15.5. The molecule has 1 aromatic rings. The number of carboxylic acid groups (broad SMARTS) is 1. The SMILES string of the molecule is O=C=N[C@H](CCCNC(=O)OCc1ccccc1)C(=O)O. The summed E-state index contributed by atoms with van der Waals surface area (Å²) in [6.45, 7) is 0.408. The zero-order valence-corrected chi connectivity index (χ0v) is 11.3. The third-order valence-electron chi connectivity index (χ3n) is 2.63. The smallest absolute Gasteiger partial charge is 0.407 e. The fraction of sp³-hybridized carbons (Fsp3) is 0.357. The summed E-state index contributed by atoms with van der Waals surface area (Å²) in [5.41, 5.74) is 0.874. The molecule has 0 aliphatic carbocycles.